The maximum Gasteiger partial charge on any atom is 0.124 e. The molecule has 3 aromatic rings. The van der Waals surface area contributed by atoms with Gasteiger partial charge in [0.15, 0.2) is 0 Å². The summed E-state index contributed by atoms with van der Waals surface area (Å²) < 4.78 is 20.6. The van der Waals surface area contributed by atoms with E-state index in [-0.39, 0.29) is 19.4 Å². The molecule has 3 heterocycles. The molecule has 0 radical (unpaired) electrons. The van der Waals surface area contributed by atoms with Gasteiger partial charge in [-0.3, -0.25) is 14.0 Å². The topological polar surface area (TPSA) is 50.5 Å². The average molecular weight is 462 g/mol. The minimum Gasteiger partial charge on any atom is -0.488 e. The molecule has 5 nitrogen and oxygen atoms in total. The van der Waals surface area contributed by atoms with Crippen LogP contribution in [0.1, 0.15) is 47.3 Å². The molecule has 0 unspecified atom stereocenters. The van der Waals surface area contributed by atoms with E-state index in [2.05, 4.69) is 53.3 Å². The van der Waals surface area contributed by atoms with Crippen LogP contribution in [0, 0.1) is 6.92 Å². The number of hydrogen-bond acceptors (Lipinski definition) is 4. The molecule has 0 spiro atoms. The van der Waals surface area contributed by atoms with Gasteiger partial charge in [0.2, 0.25) is 0 Å². The Bertz CT molecular complexity index is 1160. The Morgan fingerprint density at radius 3 is 2.65 bits per heavy atom. The van der Waals surface area contributed by atoms with E-state index < -0.39 is 0 Å². The number of nitrogens with zero attached hydrogens (tertiary/aromatic N) is 3. The summed E-state index contributed by atoms with van der Waals surface area (Å²) in [5.41, 5.74) is 7.88. The van der Waals surface area contributed by atoms with Crippen LogP contribution in [-0.4, -0.2) is 52.2 Å². The molecule has 0 amide bonds. The van der Waals surface area contributed by atoms with Crippen LogP contribution in [0.5, 0.6) is 5.75 Å². The van der Waals surface area contributed by atoms with Gasteiger partial charge in [-0.05, 0) is 66.6 Å². The van der Waals surface area contributed by atoms with Crippen LogP contribution in [0.3, 0.4) is 0 Å². The second kappa shape index (κ2) is 10.1. The Morgan fingerprint density at radius 2 is 1.91 bits per heavy atom. The second-order valence-corrected chi connectivity index (χ2v) is 9.24. The summed E-state index contributed by atoms with van der Waals surface area (Å²) in [5.74, 6) is 0.857. The molecule has 5 rings (SSSR count). The Morgan fingerprint density at radius 1 is 1.12 bits per heavy atom. The number of ether oxygens (including phenoxy) is 1. The third-order valence-corrected chi connectivity index (χ3v) is 6.79. The fourth-order valence-corrected chi connectivity index (χ4v) is 5.06. The number of hydrogen-bond donors (Lipinski definition) is 1. The van der Waals surface area contributed by atoms with Gasteiger partial charge >= 0.3 is 0 Å². The monoisotopic (exact) mass is 461 g/mol. The molecule has 178 valence electrons. The van der Waals surface area contributed by atoms with E-state index in [1.165, 1.54) is 22.3 Å². The van der Waals surface area contributed by atoms with Gasteiger partial charge in [0, 0.05) is 31.8 Å². The summed E-state index contributed by atoms with van der Waals surface area (Å²) >= 11 is 0. The van der Waals surface area contributed by atoms with Crippen molar-refractivity contribution in [3.05, 3.63) is 82.7 Å². The van der Waals surface area contributed by atoms with E-state index in [1.807, 2.05) is 22.9 Å². The lowest BCUT2D eigenvalue weighted by atomic mass is 9.88. The van der Waals surface area contributed by atoms with Gasteiger partial charge in [-0.25, -0.2) is 0 Å². The van der Waals surface area contributed by atoms with Gasteiger partial charge in [-0.2, -0.15) is 5.10 Å². The van der Waals surface area contributed by atoms with Crippen molar-refractivity contribution in [1.29, 1.82) is 0 Å². The smallest absolute Gasteiger partial charge is 0.124 e. The zero-order valence-corrected chi connectivity index (χ0v) is 19.7. The second-order valence-electron chi connectivity index (χ2n) is 9.24. The zero-order chi connectivity index (χ0) is 23.5. The lowest BCUT2D eigenvalue weighted by Crippen LogP contribution is -2.53. The van der Waals surface area contributed by atoms with Crippen LogP contribution in [0.15, 0.2) is 54.6 Å². The first-order valence-electron chi connectivity index (χ1n) is 12.2. The lowest BCUT2D eigenvalue weighted by Gasteiger charge is -2.38. The Balaban J connectivity index is 1.46. The molecule has 1 N–H and O–H groups in total. The van der Waals surface area contributed by atoms with E-state index in [9.17, 15) is 9.50 Å². The van der Waals surface area contributed by atoms with E-state index in [0.29, 0.717) is 12.1 Å². The SMILES string of the molecule is Cc1ccccc1C1=C(c2ccc(OC3CN(CCCF)C3)cc2)c2cc(CO)nn2CCC1. The van der Waals surface area contributed by atoms with Gasteiger partial charge in [0.1, 0.15) is 11.9 Å². The molecule has 0 aliphatic carbocycles. The van der Waals surface area contributed by atoms with Crippen LogP contribution in [-0.2, 0) is 13.2 Å². The number of aryl methyl sites for hydroxylation is 2. The Kier molecular flexibility index (Phi) is 6.79. The van der Waals surface area contributed by atoms with Crippen molar-refractivity contribution >= 4 is 11.1 Å². The third-order valence-electron chi connectivity index (χ3n) is 6.79. The Labute approximate surface area is 200 Å². The van der Waals surface area contributed by atoms with Crippen LogP contribution in [0.2, 0.25) is 0 Å². The maximum absolute atomic E-state index is 12.4. The summed E-state index contributed by atoms with van der Waals surface area (Å²) in [6.07, 6.45) is 2.72. The van der Waals surface area contributed by atoms with Gasteiger partial charge < -0.3 is 9.84 Å². The molecule has 0 atom stereocenters. The Hall–Kier alpha value is -2.96. The van der Waals surface area contributed by atoms with Crippen LogP contribution in [0.4, 0.5) is 4.39 Å². The molecule has 2 aliphatic heterocycles. The van der Waals surface area contributed by atoms with Crippen molar-refractivity contribution in [3.63, 3.8) is 0 Å². The highest BCUT2D eigenvalue weighted by molar-refractivity contribution is 5.98. The number of rotatable bonds is 8. The van der Waals surface area contributed by atoms with Crippen LogP contribution in [0.25, 0.3) is 11.1 Å². The molecule has 2 aromatic carbocycles. The predicted octanol–water partition coefficient (Wildman–Crippen LogP) is 4.86. The van der Waals surface area contributed by atoms with E-state index >= 15 is 0 Å². The molecule has 1 fully saturated rings. The highest BCUT2D eigenvalue weighted by atomic mass is 19.1. The van der Waals surface area contributed by atoms with Crippen molar-refractivity contribution in [2.45, 2.75) is 45.4 Å². The zero-order valence-electron chi connectivity index (χ0n) is 19.7. The molecule has 0 saturated carbocycles. The van der Waals surface area contributed by atoms with E-state index in [1.54, 1.807) is 0 Å². The first-order chi connectivity index (χ1) is 16.7. The van der Waals surface area contributed by atoms with Crippen molar-refractivity contribution in [2.75, 3.05) is 26.3 Å². The molecule has 0 bridgehead atoms. The van der Waals surface area contributed by atoms with Gasteiger partial charge in [0.25, 0.3) is 0 Å². The van der Waals surface area contributed by atoms with Crippen molar-refractivity contribution < 1.29 is 14.2 Å². The summed E-state index contributed by atoms with van der Waals surface area (Å²) in [4.78, 5) is 2.23. The van der Waals surface area contributed by atoms with E-state index in [0.717, 1.165) is 56.0 Å². The lowest BCUT2D eigenvalue weighted by molar-refractivity contribution is 0.0184. The predicted molar refractivity (Wildman–Crippen MR) is 132 cm³/mol. The summed E-state index contributed by atoms with van der Waals surface area (Å²) in [7, 11) is 0. The number of likely N-dealkylation sites (tertiary alicyclic amines) is 1. The largest absolute Gasteiger partial charge is 0.488 e. The molecule has 34 heavy (non-hydrogen) atoms. The summed E-state index contributed by atoms with van der Waals surface area (Å²) in [5, 5.41) is 14.4. The molecule has 1 saturated heterocycles. The average Bonchev–Trinajstić information content (AvgIpc) is 3.15. The number of aliphatic hydroxyl groups excluding tert-OH is 1. The number of halogens is 1. The molecule has 6 heteroatoms. The van der Waals surface area contributed by atoms with Crippen LogP contribution >= 0.6 is 0 Å². The number of fused-ring (bicyclic) bond motifs is 1. The van der Waals surface area contributed by atoms with Gasteiger partial charge in [0.05, 0.1) is 24.7 Å². The van der Waals surface area contributed by atoms with Crippen LogP contribution < -0.4 is 4.74 Å². The number of alkyl halides is 1. The third kappa shape index (κ3) is 4.65. The summed E-state index contributed by atoms with van der Waals surface area (Å²) in [6.45, 7) is 5.17. The first-order valence-corrected chi connectivity index (χ1v) is 12.2. The fourth-order valence-electron chi connectivity index (χ4n) is 5.06. The van der Waals surface area contributed by atoms with Gasteiger partial charge in [-0.15, -0.1) is 0 Å². The number of aromatic nitrogens is 2. The molecule has 2 aliphatic rings. The van der Waals surface area contributed by atoms with Crippen molar-refractivity contribution in [2.24, 2.45) is 0 Å². The van der Waals surface area contributed by atoms with Gasteiger partial charge in [-0.1, -0.05) is 36.4 Å². The maximum atomic E-state index is 12.4. The standard InChI is InChI=1S/C28H32FN3O2/c1-20-6-2-3-7-25(20)26-8-4-15-32-27(16-22(19-33)30-32)28(26)21-9-11-23(12-10-21)34-24-17-31(18-24)14-5-13-29/h2-3,6-7,9-12,16,24,33H,4-5,8,13-15,17-19H2,1H3. The minimum atomic E-state index is -0.261. The molecular weight excluding hydrogens is 429 g/mol. The first kappa shape index (κ1) is 22.8. The highest BCUT2D eigenvalue weighted by Gasteiger charge is 2.28. The van der Waals surface area contributed by atoms with Crippen molar-refractivity contribution in [1.82, 2.24) is 14.7 Å². The quantitative estimate of drug-likeness (QED) is 0.521. The summed E-state index contributed by atoms with van der Waals surface area (Å²) in [6, 6.07) is 18.9. The normalized spacial score (nSPS) is 16.8. The van der Waals surface area contributed by atoms with Crippen molar-refractivity contribution in [3.8, 4) is 5.75 Å². The number of allylic oxidation sites excluding steroid dienone is 1. The molecule has 1 aromatic heterocycles. The number of benzene rings is 2. The molecular formula is C28H32FN3O2. The van der Waals surface area contributed by atoms with E-state index in [4.69, 9.17) is 4.74 Å². The minimum absolute atomic E-state index is 0.0660. The highest BCUT2D eigenvalue weighted by Crippen LogP contribution is 2.39. The number of aliphatic hydroxyl groups is 1. The fraction of sp³-hybridized carbons (Fsp3) is 0.393.